The van der Waals surface area contributed by atoms with Crippen molar-refractivity contribution in [2.24, 2.45) is 35.5 Å². The average molecular weight is 429 g/mol. The van der Waals surface area contributed by atoms with Gasteiger partial charge in [-0.25, -0.2) is 0 Å². The number of hydrogen-bond donors (Lipinski definition) is 2. The van der Waals surface area contributed by atoms with Crippen LogP contribution in [-0.4, -0.2) is 11.8 Å². The summed E-state index contributed by atoms with van der Waals surface area (Å²) >= 11 is 0. The first-order valence-electron chi connectivity index (χ1n) is 12.5. The van der Waals surface area contributed by atoms with Crippen molar-refractivity contribution in [3.63, 3.8) is 0 Å². The normalized spacial score (nSPS) is 32.2. The van der Waals surface area contributed by atoms with Gasteiger partial charge in [0, 0.05) is 23.2 Å². The van der Waals surface area contributed by atoms with Gasteiger partial charge in [-0.3, -0.25) is 9.59 Å². The highest BCUT2D eigenvalue weighted by Crippen LogP contribution is 2.56. The number of hydrogen-bond acceptors (Lipinski definition) is 2. The Morgan fingerprint density at radius 1 is 0.531 bits per heavy atom. The maximum absolute atomic E-state index is 12.6. The fraction of sp³-hybridized carbons (Fsp3) is 0.500. The van der Waals surface area contributed by atoms with Gasteiger partial charge in [0.05, 0.1) is 0 Å². The van der Waals surface area contributed by atoms with E-state index in [4.69, 9.17) is 0 Å². The van der Waals surface area contributed by atoms with E-state index in [-0.39, 0.29) is 23.7 Å². The topological polar surface area (TPSA) is 58.2 Å². The van der Waals surface area contributed by atoms with Gasteiger partial charge in [-0.15, -0.1) is 0 Å². The minimum absolute atomic E-state index is 0.199. The molecule has 0 bridgehead atoms. The second-order valence-electron chi connectivity index (χ2n) is 10.4. The Morgan fingerprint density at radius 2 is 0.844 bits per heavy atom. The molecule has 4 aliphatic carbocycles. The van der Waals surface area contributed by atoms with Gasteiger partial charge in [-0.1, -0.05) is 49.9 Å². The summed E-state index contributed by atoms with van der Waals surface area (Å²) in [5.41, 5.74) is 3.96. The Labute approximate surface area is 190 Å². The highest BCUT2D eigenvalue weighted by Gasteiger charge is 2.55. The van der Waals surface area contributed by atoms with Gasteiger partial charge < -0.3 is 10.6 Å². The molecule has 2 aromatic carbocycles. The molecule has 2 aromatic rings. The maximum atomic E-state index is 12.6. The van der Waals surface area contributed by atoms with Gasteiger partial charge in [0.2, 0.25) is 11.8 Å². The minimum atomic E-state index is 0.199. The number of carbonyl (C=O) groups excluding carboxylic acids is 2. The van der Waals surface area contributed by atoms with E-state index < -0.39 is 0 Å². The molecule has 0 spiro atoms. The molecule has 4 atom stereocenters. The van der Waals surface area contributed by atoms with Crippen molar-refractivity contribution in [2.75, 3.05) is 10.6 Å². The van der Waals surface area contributed by atoms with Crippen LogP contribution in [0.25, 0.3) is 11.1 Å². The molecule has 32 heavy (non-hydrogen) atoms. The van der Waals surface area contributed by atoms with E-state index in [9.17, 15) is 9.59 Å². The predicted molar refractivity (Wildman–Crippen MR) is 127 cm³/mol. The zero-order valence-corrected chi connectivity index (χ0v) is 18.6. The molecule has 4 nitrogen and oxygen atoms in total. The van der Waals surface area contributed by atoms with E-state index in [1.54, 1.807) is 0 Å². The van der Waals surface area contributed by atoms with E-state index in [0.717, 1.165) is 22.5 Å². The predicted octanol–water partition coefficient (Wildman–Crippen LogP) is 6.10. The number of rotatable bonds is 5. The van der Waals surface area contributed by atoms with Crippen LogP contribution in [-0.2, 0) is 9.59 Å². The van der Waals surface area contributed by atoms with Crippen molar-refractivity contribution in [1.82, 2.24) is 0 Å². The minimum Gasteiger partial charge on any atom is -0.326 e. The standard InChI is InChI=1S/C28H32N2O2/c31-27(25-21-5-1-2-6-22(21)25)29-19-13-9-17(10-14-19)18-11-15-20(16-12-18)30-28(32)26-23-7-3-4-8-24(23)26/h9-16,21-26H,1-8H2,(H,29,31)(H,30,32). The fourth-order valence-corrected chi connectivity index (χ4v) is 6.71. The van der Waals surface area contributed by atoms with Crippen LogP contribution in [0.4, 0.5) is 11.4 Å². The van der Waals surface area contributed by atoms with E-state index in [0.29, 0.717) is 23.7 Å². The van der Waals surface area contributed by atoms with Crippen LogP contribution in [0.2, 0.25) is 0 Å². The molecule has 4 fully saturated rings. The first-order valence-corrected chi connectivity index (χ1v) is 12.5. The molecule has 166 valence electrons. The van der Waals surface area contributed by atoms with Gasteiger partial charge in [0.25, 0.3) is 0 Å². The van der Waals surface area contributed by atoms with Gasteiger partial charge in [0.15, 0.2) is 0 Å². The third-order valence-electron chi connectivity index (χ3n) is 8.56. The molecule has 4 unspecified atom stereocenters. The average Bonchev–Trinajstić information content (AvgIpc) is 3.72. The second-order valence-corrected chi connectivity index (χ2v) is 10.4. The number of fused-ring (bicyclic) bond motifs is 2. The molecule has 4 heteroatoms. The van der Waals surface area contributed by atoms with Crippen molar-refractivity contribution in [3.8, 4) is 11.1 Å². The van der Waals surface area contributed by atoms with Crippen molar-refractivity contribution in [1.29, 1.82) is 0 Å². The summed E-state index contributed by atoms with van der Waals surface area (Å²) in [4.78, 5) is 25.2. The summed E-state index contributed by atoms with van der Waals surface area (Å²) in [5, 5.41) is 6.24. The van der Waals surface area contributed by atoms with Crippen molar-refractivity contribution in [2.45, 2.75) is 51.4 Å². The van der Waals surface area contributed by atoms with Gasteiger partial charge in [-0.2, -0.15) is 0 Å². The van der Waals surface area contributed by atoms with Crippen LogP contribution in [0, 0.1) is 35.5 Å². The molecule has 6 rings (SSSR count). The fourth-order valence-electron chi connectivity index (χ4n) is 6.71. The van der Waals surface area contributed by atoms with E-state index in [2.05, 4.69) is 34.9 Å². The van der Waals surface area contributed by atoms with Crippen LogP contribution in [0.3, 0.4) is 0 Å². The smallest absolute Gasteiger partial charge is 0.228 e. The summed E-state index contributed by atoms with van der Waals surface area (Å²) < 4.78 is 0. The number of benzene rings is 2. The lowest BCUT2D eigenvalue weighted by molar-refractivity contribution is -0.118. The van der Waals surface area contributed by atoms with E-state index in [1.165, 1.54) is 51.4 Å². The summed E-state index contributed by atoms with van der Waals surface area (Å²) in [7, 11) is 0. The van der Waals surface area contributed by atoms with Crippen LogP contribution < -0.4 is 10.6 Å². The molecule has 0 aromatic heterocycles. The highest BCUT2D eigenvalue weighted by molar-refractivity contribution is 5.96. The highest BCUT2D eigenvalue weighted by atomic mass is 16.2. The Hall–Kier alpha value is -2.62. The number of nitrogens with one attached hydrogen (secondary N) is 2. The molecular formula is C28H32N2O2. The zero-order chi connectivity index (χ0) is 21.7. The summed E-state index contributed by atoms with van der Waals surface area (Å²) in [6.07, 6.45) is 10.0. The first-order chi connectivity index (χ1) is 15.7. The third-order valence-corrected chi connectivity index (χ3v) is 8.56. The first kappa shape index (κ1) is 20.0. The molecular weight excluding hydrogens is 396 g/mol. The zero-order valence-electron chi connectivity index (χ0n) is 18.6. The monoisotopic (exact) mass is 428 g/mol. The van der Waals surface area contributed by atoms with E-state index >= 15 is 0 Å². The molecule has 4 saturated carbocycles. The molecule has 0 aliphatic heterocycles. The lowest BCUT2D eigenvalue weighted by atomic mass is 10.0. The molecule has 0 saturated heterocycles. The van der Waals surface area contributed by atoms with Crippen LogP contribution >= 0.6 is 0 Å². The van der Waals surface area contributed by atoms with Gasteiger partial charge >= 0.3 is 0 Å². The molecule has 0 heterocycles. The van der Waals surface area contributed by atoms with Crippen molar-refractivity contribution in [3.05, 3.63) is 48.5 Å². The van der Waals surface area contributed by atoms with Gasteiger partial charge in [-0.05, 0) is 84.7 Å². The maximum Gasteiger partial charge on any atom is 0.228 e. The SMILES string of the molecule is O=C(Nc1ccc(-c2ccc(NC(=O)C3C4CCCCC43)cc2)cc1)C1C2CCCCC21. The van der Waals surface area contributed by atoms with Crippen LogP contribution in [0.1, 0.15) is 51.4 Å². The number of carbonyl (C=O) groups is 2. The lowest BCUT2D eigenvalue weighted by Gasteiger charge is -2.09. The molecule has 4 aliphatic rings. The number of anilines is 2. The van der Waals surface area contributed by atoms with Crippen LogP contribution in [0.15, 0.2) is 48.5 Å². The largest absolute Gasteiger partial charge is 0.326 e. The Kier molecular flexibility index (Phi) is 5.04. The third kappa shape index (κ3) is 3.74. The summed E-state index contributed by atoms with van der Waals surface area (Å²) in [6, 6.07) is 16.2. The number of amides is 2. The quantitative estimate of drug-likeness (QED) is 0.604. The molecule has 2 amide bonds. The molecule has 0 radical (unpaired) electrons. The molecule has 2 N–H and O–H groups in total. The Bertz CT molecular complexity index is 905. The van der Waals surface area contributed by atoms with Gasteiger partial charge in [0.1, 0.15) is 0 Å². The lowest BCUT2D eigenvalue weighted by Crippen LogP contribution is -2.15. The van der Waals surface area contributed by atoms with E-state index in [1.807, 2.05) is 24.3 Å². The van der Waals surface area contributed by atoms with Crippen LogP contribution in [0.5, 0.6) is 0 Å². The summed E-state index contributed by atoms with van der Waals surface area (Å²) in [6.45, 7) is 0. The Morgan fingerprint density at radius 3 is 1.16 bits per heavy atom. The van der Waals surface area contributed by atoms with Crippen molar-refractivity contribution < 1.29 is 9.59 Å². The second kappa shape index (κ2) is 8.06. The van der Waals surface area contributed by atoms with Crippen molar-refractivity contribution >= 4 is 23.2 Å². The Balaban J connectivity index is 1.05. The summed E-state index contributed by atoms with van der Waals surface area (Å²) in [5.74, 6) is 3.39.